The molecule has 2 amide bonds. The molecule has 1 saturated carbocycles. The number of rotatable bonds is 6. The number of urea groups is 1. The van der Waals surface area contributed by atoms with E-state index in [-0.39, 0.29) is 12.3 Å². The number of anilines is 1. The fourth-order valence-corrected chi connectivity index (χ4v) is 4.81. The second-order valence-corrected chi connectivity index (χ2v) is 9.31. The highest BCUT2D eigenvalue weighted by Gasteiger charge is 2.53. The summed E-state index contributed by atoms with van der Waals surface area (Å²) in [5.74, 6) is 0.103. The van der Waals surface area contributed by atoms with Gasteiger partial charge in [-0.1, -0.05) is 37.3 Å². The Kier molecular flexibility index (Phi) is 4.60. The summed E-state index contributed by atoms with van der Waals surface area (Å²) < 4.78 is 27.6. The monoisotopic (exact) mass is 365 g/mol. The summed E-state index contributed by atoms with van der Waals surface area (Å²) in [6.45, 7) is 1.79. The average Bonchev–Trinajstić information content (AvgIpc) is 3.27. The molecule has 3 rings (SSSR count). The molecule has 0 unspecified atom stereocenters. The Morgan fingerprint density at radius 3 is 2.62 bits per heavy atom. The smallest absolute Gasteiger partial charge is 0.319 e. The van der Waals surface area contributed by atoms with E-state index in [4.69, 9.17) is 0 Å². The first-order valence-corrected chi connectivity index (χ1v) is 10.2. The van der Waals surface area contributed by atoms with E-state index in [1.807, 2.05) is 30.3 Å². The number of carbonyl (C=O) groups excluding carboxylic acids is 1. The SMILES string of the molecule is CCS(=O)(=O)C1(CNC(=O)Nc2cc(-c3ccccc3)ns2)CC1. The number of carbonyl (C=O) groups is 1. The lowest BCUT2D eigenvalue weighted by Gasteiger charge is -2.15. The number of hydrogen-bond donors (Lipinski definition) is 2. The van der Waals surface area contributed by atoms with Crippen molar-refractivity contribution in [2.24, 2.45) is 0 Å². The van der Waals surface area contributed by atoms with Gasteiger partial charge in [-0.3, -0.25) is 5.32 Å². The van der Waals surface area contributed by atoms with Crippen molar-refractivity contribution in [3.05, 3.63) is 36.4 Å². The van der Waals surface area contributed by atoms with Gasteiger partial charge in [0.1, 0.15) is 5.00 Å². The molecule has 2 aromatic rings. The summed E-state index contributed by atoms with van der Waals surface area (Å²) in [6, 6.07) is 11.1. The van der Waals surface area contributed by atoms with E-state index in [1.165, 1.54) is 11.5 Å². The van der Waals surface area contributed by atoms with E-state index in [1.54, 1.807) is 13.0 Å². The zero-order chi connectivity index (χ0) is 17.2. The van der Waals surface area contributed by atoms with Gasteiger partial charge < -0.3 is 5.32 Å². The molecule has 2 N–H and O–H groups in total. The Morgan fingerprint density at radius 1 is 1.29 bits per heavy atom. The summed E-state index contributed by atoms with van der Waals surface area (Å²) in [5, 5.41) is 6.01. The van der Waals surface area contributed by atoms with Crippen LogP contribution in [-0.2, 0) is 9.84 Å². The second-order valence-electron chi connectivity index (χ2n) is 5.84. The van der Waals surface area contributed by atoms with Gasteiger partial charge in [-0.15, -0.1) is 0 Å². The molecule has 1 aromatic heterocycles. The second kappa shape index (κ2) is 6.52. The van der Waals surface area contributed by atoms with Crippen LogP contribution in [-0.4, -0.2) is 35.9 Å². The minimum absolute atomic E-state index is 0.103. The van der Waals surface area contributed by atoms with Crippen molar-refractivity contribution >= 4 is 32.4 Å². The van der Waals surface area contributed by atoms with Crippen LogP contribution in [0, 0.1) is 0 Å². The molecule has 0 radical (unpaired) electrons. The first-order chi connectivity index (χ1) is 11.5. The predicted octanol–water partition coefficient (Wildman–Crippen LogP) is 2.90. The van der Waals surface area contributed by atoms with Gasteiger partial charge >= 0.3 is 6.03 Å². The van der Waals surface area contributed by atoms with Crippen LogP contribution < -0.4 is 10.6 Å². The Hall–Kier alpha value is -1.93. The van der Waals surface area contributed by atoms with E-state index in [2.05, 4.69) is 15.0 Å². The van der Waals surface area contributed by atoms with Gasteiger partial charge in [0, 0.05) is 23.9 Å². The Bertz CT molecular complexity index is 827. The Labute approximate surface area is 145 Å². The van der Waals surface area contributed by atoms with Gasteiger partial charge in [-0.25, -0.2) is 13.2 Å². The Balaban J connectivity index is 1.58. The number of sulfone groups is 1. The van der Waals surface area contributed by atoms with Crippen LogP contribution in [0.5, 0.6) is 0 Å². The third kappa shape index (κ3) is 3.44. The van der Waals surface area contributed by atoms with Crippen LogP contribution in [0.3, 0.4) is 0 Å². The highest BCUT2D eigenvalue weighted by atomic mass is 32.2. The van der Waals surface area contributed by atoms with Gasteiger partial charge in [-0.2, -0.15) is 4.37 Å². The standard InChI is InChI=1S/C16H19N3O3S2/c1-2-24(21,22)16(8-9-16)11-17-15(20)18-14-10-13(19-23-14)12-6-4-3-5-7-12/h3-7,10H,2,8-9,11H2,1H3,(H2,17,18,20). The lowest BCUT2D eigenvalue weighted by molar-refractivity contribution is 0.252. The van der Waals surface area contributed by atoms with Gasteiger partial charge in [-0.05, 0) is 24.4 Å². The van der Waals surface area contributed by atoms with Crippen molar-refractivity contribution < 1.29 is 13.2 Å². The summed E-state index contributed by atoms with van der Waals surface area (Å²) in [4.78, 5) is 12.0. The lowest BCUT2D eigenvalue weighted by Crippen LogP contribution is -2.40. The van der Waals surface area contributed by atoms with E-state index in [0.717, 1.165) is 11.3 Å². The predicted molar refractivity (Wildman–Crippen MR) is 96.0 cm³/mol. The maximum Gasteiger partial charge on any atom is 0.319 e. The quantitative estimate of drug-likeness (QED) is 0.824. The topological polar surface area (TPSA) is 88.2 Å². The first-order valence-electron chi connectivity index (χ1n) is 7.75. The molecule has 0 bridgehead atoms. The van der Waals surface area contributed by atoms with Crippen molar-refractivity contribution in [1.29, 1.82) is 0 Å². The van der Waals surface area contributed by atoms with Crippen LogP contribution >= 0.6 is 11.5 Å². The number of hydrogen-bond acceptors (Lipinski definition) is 5. The molecular formula is C16H19N3O3S2. The summed E-state index contributed by atoms with van der Waals surface area (Å²) in [7, 11) is -3.14. The van der Waals surface area contributed by atoms with Crippen molar-refractivity contribution in [1.82, 2.24) is 9.69 Å². The van der Waals surface area contributed by atoms with Crippen molar-refractivity contribution in [2.75, 3.05) is 17.6 Å². The largest absolute Gasteiger partial charge is 0.336 e. The number of nitrogens with one attached hydrogen (secondary N) is 2. The van der Waals surface area contributed by atoms with Crippen LogP contribution in [0.1, 0.15) is 19.8 Å². The van der Waals surface area contributed by atoms with Crippen LogP contribution in [0.15, 0.2) is 36.4 Å². The maximum absolute atomic E-state index is 12.0. The van der Waals surface area contributed by atoms with Crippen LogP contribution in [0.4, 0.5) is 9.80 Å². The van der Waals surface area contributed by atoms with E-state index >= 15 is 0 Å². The highest BCUT2D eigenvalue weighted by Crippen LogP contribution is 2.43. The summed E-state index contributed by atoms with van der Waals surface area (Å²) in [6.07, 6.45) is 1.23. The van der Waals surface area contributed by atoms with E-state index < -0.39 is 20.6 Å². The molecule has 128 valence electrons. The first kappa shape index (κ1) is 16.9. The van der Waals surface area contributed by atoms with Crippen LogP contribution in [0.25, 0.3) is 11.3 Å². The van der Waals surface area contributed by atoms with Crippen molar-refractivity contribution in [2.45, 2.75) is 24.5 Å². The van der Waals surface area contributed by atoms with Crippen molar-refractivity contribution in [3.8, 4) is 11.3 Å². The molecule has 0 aliphatic heterocycles. The molecule has 1 aliphatic carbocycles. The molecule has 6 nitrogen and oxygen atoms in total. The van der Waals surface area contributed by atoms with E-state index in [9.17, 15) is 13.2 Å². The number of aromatic nitrogens is 1. The fraction of sp³-hybridized carbons (Fsp3) is 0.375. The number of benzene rings is 1. The third-order valence-electron chi connectivity index (χ3n) is 4.24. The molecule has 24 heavy (non-hydrogen) atoms. The zero-order valence-electron chi connectivity index (χ0n) is 13.3. The van der Waals surface area contributed by atoms with Gasteiger partial charge in [0.25, 0.3) is 0 Å². The molecule has 1 aromatic carbocycles. The minimum atomic E-state index is -3.14. The molecule has 0 atom stereocenters. The molecule has 1 fully saturated rings. The normalized spacial score (nSPS) is 15.7. The maximum atomic E-state index is 12.0. The minimum Gasteiger partial charge on any atom is -0.336 e. The third-order valence-corrected chi connectivity index (χ3v) is 7.57. The van der Waals surface area contributed by atoms with Crippen LogP contribution in [0.2, 0.25) is 0 Å². The Morgan fingerprint density at radius 2 is 2.00 bits per heavy atom. The highest BCUT2D eigenvalue weighted by molar-refractivity contribution is 7.93. The molecule has 0 saturated heterocycles. The van der Waals surface area contributed by atoms with E-state index in [0.29, 0.717) is 17.8 Å². The molecule has 1 aliphatic rings. The molecular weight excluding hydrogens is 346 g/mol. The molecule has 1 heterocycles. The number of amides is 2. The summed E-state index contributed by atoms with van der Waals surface area (Å²) in [5.41, 5.74) is 1.77. The molecule has 8 heteroatoms. The summed E-state index contributed by atoms with van der Waals surface area (Å²) >= 11 is 1.19. The van der Waals surface area contributed by atoms with Crippen molar-refractivity contribution in [3.63, 3.8) is 0 Å². The average molecular weight is 365 g/mol. The van der Waals surface area contributed by atoms with Gasteiger partial charge in [0.05, 0.1) is 10.4 Å². The molecule has 0 spiro atoms. The number of nitrogens with zero attached hydrogens (tertiary/aromatic N) is 1. The zero-order valence-corrected chi connectivity index (χ0v) is 14.9. The van der Waals surface area contributed by atoms with Gasteiger partial charge in [0.2, 0.25) is 0 Å². The van der Waals surface area contributed by atoms with Gasteiger partial charge in [0.15, 0.2) is 9.84 Å². The fourth-order valence-electron chi connectivity index (χ4n) is 2.52. The lowest BCUT2D eigenvalue weighted by atomic mass is 10.2.